The molecule has 2 unspecified atom stereocenters. The third-order valence-corrected chi connectivity index (χ3v) is 2.35. The van der Waals surface area contributed by atoms with Crippen molar-refractivity contribution in [2.75, 3.05) is 0 Å². The third kappa shape index (κ3) is 8.69. The van der Waals surface area contributed by atoms with E-state index in [1.807, 2.05) is 12.2 Å². The zero-order valence-corrected chi connectivity index (χ0v) is 10.9. The van der Waals surface area contributed by atoms with Crippen LogP contribution in [0, 0.1) is 0 Å². The van der Waals surface area contributed by atoms with Crippen LogP contribution in [-0.4, -0.2) is 17.5 Å². The van der Waals surface area contributed by atoms with E-state index in [4.69, 9.17) is 4.74 Å². The van der Waals surface area contributed by atoms with E-state index in [1.165, 1.54) is 0 Å². The van der Waals surface area contributed by atoms with Gasteiger partial charge in [0, 0.05) is 6.42 Å². The molecule has 0 bridgehead atoms. The van der Waals surface area contributed by atoms with Gasteiger partial charge in [-0.25, -0.2) is 0 Å². The molecule has 0 radical (unpaired) electrons. The first kappa shape index (κ1) is 15.4. The van der Waals surface area contributed by atoms with Gasteiger partial charge in [0.25, 0.3) is 0 Å². The molecule has 0 spiro atoms. The number of ether oxygens (including phenoxy) is 1. The van der Waals surface area contributed by atoms with Gasteiger partial charge >= 0.3 is 0 Å². The lowest BCUT2D eigenvalue weighted by Crippen LogP contribution is -2.20. The minimum atomic E-state index is -0.664. The van der Waals surface area contributed by atoms with E-state index >= 15 is 0 Å². The highest BCUT2D eigenvalue weighted by Gasteiger charge is 2.09. The van der Waals surface area contributed by atoms with Gasteiger partial charge in [0.1, 0.15) is 0 Å². The summed E-state index contributed by atoms with van der Waals surface area (Å²) in [5.74, 6) is 0. The van der Waals surface area contributed by atoms with Crippen LogP contribution in [-0.2, 0) is 4.74 Å². The second kappa shape index (κ2) is 10.9. The summed E-state index contributed by atoms with van der Waals surface area (Å²) in [5.41, 5.74) is 0. The molecule has 0 aromatic carbocycles. The Balaban J connectivity index is 3.82. The maximum atomic E-state index is 9.64. The Bertz CT molecular complexity index is 197. The Labute approximate surface area is 100 Å². The zero-order valence-electron chi connectivity index (χ0n) is 10.9. The number of hydrogen-bond donors (Lipinski definition) is 1. The van der Waals surface area contributed by atoms with E-state index in [9.17, 15) is 5.11 Å². The molecule has 0 amide bonds. The van der Waals surface area contributed by atoms with Crippen LogP contribution in [0.25, 0.3) is 0 Å². The smallest absolute Gasteiger partial charge is 0.158 e. The minimum Gasteiger partial charge on any atom is -0.368 e. The zero-order chi connectivity index (χ0) is 12.2. The fourth-order valence-corrected chi connectivity index (χ4v) is 1.39. The monoisotopic (exact) mass is 226 g/mol. The summed E-state index contributed by atoms with van der Waals surface area (Å²) in [4.78, 5) is 0. The van der Waals surface area contributed by atoms with Crippen LogP contribution in [0.5, 0.6) is 0 Å². The van der Waals surface area contributed by atoms with Crippen molar-refractivity contribution < 1.29 is 9.84 Å². The van der Waals surface area contributed by atoms with Crippen LogP contribution in [0.3, 0.4) is 0 Å². The summed E-state index contributed by atoms with van der Waals surface area (Å²) in [7, 11) is 0. The molecule has 16 heavy (non-hydrogen) atoms. The average molecular weight is 226 g/mol. The second-order valence-corrected chi connectivity index (χ2v) is 3.85. The molecule has 0 aromatic rings. The standard InChI is InChI=1S/C14H26O2/c1-4-7-9-11-13(6-3)16-14(15)12-10-8-5-2/h7-10,13-15H,4-6,11-12H2,1-3H3. The van der Waals surface area contributed by atoms with Crippen molar-refractivity contribution in [2.24, 2.45) is 0 Å². The molecule has 94 valence electrons. The second-order valence-electron chi connectivity index (χ2n) is 3.85. The Morgan fingerprint density at radius 3 is 2.00 bits per heavy atom. The normalized spacial score (nSPS) is 16.0. The summed E-state index contributed by atoms with van der Waals surface area (Å²) in [5, 5.41) is 9.64. The van der Waals surface area contributed by atoms with Gasteiger partial charge in [-0.2, -0.15) is 0 Å². The number of hydrogen-bond acceptors (Lipinski definition) is 2. The predicted molar refractivity (Wildman–Crippen MR) is 69.3 cm³/mol. The molecule has 0 rings (SSSR count). The first-order valence-corrected chi connectivity index (χ1v) is 6.38. The van der Waals surface area contributed by atoms with E-state index < -0.39 is 6.29 Å². The fourth-order valence-electron chi connectivity index (χ4n) is 1.39. The van der Waals surface area contributed by atoms with Gasteiger partial charge < -0.3 is 9.84 Å². The Hall–Kier alpha value is -0.600. The van der Waals surface area contributed by atoms with E-state index in [2.05, 4.69) is 32.9 Å². The molecule has 1 N–H and O–H groups in total. The van der Waals surface area contributed by atoms with Gasteiger partial charge in [0.2, 0.25) is 0 Å². The topological polar surface area (TPSA) is 29.5 Å². The van der Waals surface area contributed by atoms with Crippen LogP contribution >= 0.6 is 0 Å². The summed E-state index contributed by atoms with van der Waals surface area (Å²) >= 11 is 0. The molecule has 0 saturated carbocycles. The third-order valence-electron chi connectivity index (χ3n) is 2.35. The Morgan fingerprint density at radius 2 is 1.50 bits per heavy atom. The van der Waals surface area contributed by atoms with Crippen molar-refractivity contribution in [3.8, 4) is 0 Å². The predicted octanol–water partition coefficient (Wildman–Crippen LogP) is 3.81. The van der Waals surface area contributed by atoms with Gasteiger partial charge in [-0.1, -0.05) is 45.1 Å². The first-order valence-electron chi connectivity index (χ1n) is 6.38. The maximum Gasteiger partial charge on any atom is 0.158 e. The van der Waals surface area contributed by atoms with E-state index in [-0.39, 0.29) is 6.10 Å². The van der Waals surface area contributed by atoms with E-state index in [1.54, 1.807) is 0 Å². The SMILES string of the molecule is CCC=CCC(O)OC(CC)CC=CCC. The molecule has 0 heterocycles. The number of aliphatic hydroxyl groups is 1. The molecule has 2 atom stereocenters. The summed E-state index contributed by atoms with van der Waals surface area (Å²) < 4.78 is 5.55. The van der Waals surface area contributed by atoms with Crippen LogP contribution in [0.15, 0.2) is 24.3 Å². The summed E-state index contributed by atoms with van der Waals surface area (Å²) in [6, 6.07) is 0. The summed E-state index contributed by atoms with van der Waals surface area (Å²) in [6.45, 7) is 6.27. The van der Waals surface area contributed by atoms with Crippen LogP contribution in [0.4, 0.5) is 0 Å². The lowest BCUT2D eigenvalue weighted by Gasteiger charge is -2.18. The Kier molecular flexibility index (Phi) is 10.5. The van der Waals surface area contributed by atoms with Gasteiger partial charge in [0.05, 0.1) is 6.10 Å². The van der Waals surface area contributed by atoms with Crippen molar-refractivity contribution >= 4 is 0 Å². The highest BCUT2D eigenvalue weighted by atomic mass is 16.6. The minimum absolute atomic E-state index is 0.132. The van der Waals surface area contributed by atoms with Crippen molar-refractivity contribution in [3.63, 3.8) is 0 Å². The lowest BCUT2D eigenvalue weighted by atomic mass is 10.2. The van der Waals surface area contributed by atoms with Crippen LogP contribution in [0.2, 0.25) is 0 Å². The molecular formula is C14H26O2. The van der Waals surface area contributed by atoms with Crippen LogP contribution < -0.4 is 0 Å². The van der Waals surface area contributed by atoms with Crippen molar-refractivity contribution in [2.45, 2.75) is 65.3 Å². The summed E-state index contributed by atoms with van der Waals surface area (Å²) in [6.07, 6.45) is 12.2. The van der Waals surface area contributed by atoms with Gasteiger partial charge in [-0.3, -0.25) is 0 Å². The highest BCUT2D eigenvalue weighted by molar-refractivity contribution is 4.84. The molecule has 0 aliphatic carbocycles. The van der Waals surface area contributed by atoms with Gasteiger partial charge in [-0.05, 0) is 25.7 Å². The molecule has 0 aromatic heterocycles. The number of allylic oxidation sites excluding steroid dienone is 2. The largest absolute Gasteiger partial charge is 0.368 e. The fraction of sp³-hybridized carbons (Fsp3) is 0.714. The van der Waals surface area contributed by atoms with E-state index in [0.29, 0.717) is 6.42 Å². The van der Waals surface area contributed by atoms with E-state index in [0.717, 1.165) is 25.7 Å². The molecule has 2 nitrogen and oxygen atoms in total. The number of rotatable bonds is 9. The van der Waals surface area contributed by atoms with Gasteiger partial charge in [0.15, 0.2) is 6.29 Å². The average Bonchev–Trinajstić information content (AvgIpc) is 2.28. The van der Waals surface area contributed by atoms with Crippen molar-refractivity contribution in [1.82, 2.24) is 0 Å². The number of aliphatic hydroxyl groups excluding tert-OH is 1. The molecule has 0 fully saturated rings. The first-order chi connectivity index (χ1) is 7.74. The maximum absolute atomic E-state index is 9.64. The molecule has 0 aliphatic heterocycles. The quantitative estimate of drug-likeness (QED) is 0.478. The van der Waals surface area contributed by atoms with Crippen molar-refractivity contribution in [3.05, 3.63) is 24.3 Å². The molecule has 0 aliphatic rings. The molecule has 2 heteroatoms. The Morgan fingerprint density at radius 1 is 0.938 bits per heavy atom. The molecule has 0 saturated heterocycles. The molecular weight excluding hydrogens is 200 g/mol. The van der Waals surface area contributed by atoms with Gasteiger partial charge in [-0.15, -0.1) is 0 Å². The van der Waals surface area contributed by atoms with Crippen molar-refractivity contribution in [1.29, 1.82) is 0 Å². The van der Waals surface area contributed by atoms with Crippen LogP contribution in [0.1, 0.15) is 52.9 Å². The lowest BCUT2D eigenvalue weighted by molar-refractivity contribution is -0.132. The highest BCUT2D eigenvalue weighted by Crippen LogP contribution is 2.09.